The molecule has 0 unspecified atom stereocenters. The van der Waals surface area contributed by atoms with E-state index in [9.17, 15) is 4.79 Å². The van der Waals surface area contributed by atoms with Crippen LogP contribution >= 0.6 is 11.3 Å². The number of nitrogens with zero attached hydrogens (tertiary/aromatic N) is 2. The molecule has 1 fully saturated rings. The van der Waals surface area contributed by atoms with E-state index >= 15 is 0 Å². The number of carbonyl (C=O) groups is 1. The van der Waals surface area contributed by atoms with Crippen molar-refractivity contribution < 1.29 is 4.79 Å². The maximum Gasteiger partial charge on any atom is 0.270 e. The SMILES string of the molecule is CC(C)Cc1nc(C(=O)NCC2(c3ccccn3)CC2)cs1. The number of carbonyl (C=O) groups excluding carboxylic acids is 1. The fourth-order valence-electron chi connectivity index (χ4n) is 2.55. The fraction of sp³-hybridized carbons (Fsp3) is 0.471. The Morgan fingerprint density at radius 2 is 2.23 bits per heavy atom. The Morgan fingerprint density at radius 3 is 2.86 bits per heavy atom. The van der Waals surface area contributed by atoms with Gasteiger partial charge in [0.2, 0.25) is 0 Å². The van der Waals surface area contributed by atoms with Crippen LogP contribution in [0.4, 0.5) is 0 Å². The molecule has 1 amide bonds. The predicted octanol–water partition coefficient (Wildman–Crippen LogP) is 3.20. The highest BCUT2D eigenvalue weighted by Gasteiger charge is 2.45. The monoisotopic (exact) mass is 315 g/mol. The number of rotatable bonds is 6. The number of nitrogens with one attached hydrogen (secondary N) is 1. The van der Waals surface area contributed by atoms with Crippen LogP contribution in [0, 0.1) is 5.92 Å². The number of hydrogen-bond acceptors (Lipinski definition) is 4. The molecule has 1 saturated carbocycles. The van der Waals surface area contributed by atoms with Gasteiger partial charge in [0, 0.05) is 35.7 Å². The summed E-state index contributed by atoms with van der Waals surface area (Å²) in [5, 5.41) is 5.92. The molecule has 2 aromatic heterocycles. The van der Waals surface area contributed by atoms with Gasteiger partial charge in [0.1, 0.15) is 5.69 Å². The second-order valence-electron chi connectivity index (χ2n) is 6.40. The van der Waals surface area contributed by atoms with E-state index in [-0.39, 0.29) is 11.3 Å². The Balaban J connectivity index is 1.60. The average molecular weight is 315 g/mol. The van der Waals surface area contributed by atoms with Gasteiger partial charge in [0.25, 0.3) is 5.91 Å². The van der Waals surface area contributed by atoms with Crippen LogP contribution in [0.2, 0.25) is 0 Å². The van der Waals surface area contributed by atoms with Crippen molar-refractivity contribution in [3.05, 3.63) is 46.2 Å². The van der Waals surface area contributed by atoms with E-state index in [2.05, 4.69) is 29.1 Å². The van der Waals surface area contributed by atoms with Gasteiger partial charge in [0.15, 0.2) is 0 Å². The van der Waals surface area contributed by atoms with Gasteiger partial charge < -0.3 is 5.32 Å². The Hall–Kier alpha value is -1.75. The zero-order valence-corrected chi connectivity index (χ0v) is 13.8. The van der Waals surface area contributed by atoms with Crippen molar-refractivity contribution in [2.24, 2.45) is 5.92 Å². The zero-order chi connectivity index (χ0) is 15.6. The minimum Gasteiger partial charge on any atom is -0.350 e. The summed E-state index contributed by atoms with van der Waals surface area (Å²) < 4.78 is 0. The number of hydrogen-bond donors (Lipinski definition) is 1. The summed E-state index contributed by atoms with van der Waals surface area (Å²) in [6, 6.07) is 5.97. The van der Waals surface area contributed by atoms with E-state index in [1.807, 2.05) is 29.8 Å². The molecule has 0 atom stereocenters. The number of pyridine rings is 1. The quantitative estimate of drug-likeness (QED) is 0.890. The molecule has 1 aliphatic carbocycles. The highest BCUT2D eigenvalue weighted by Crippen LogP contribution is 2.46. The van der Waals surface area contributed by atoms with Crippen LogP contribution in [0.15, 0.2) is 29.8 Å². The van der Waals surface area contributed by atoms with Crippen molar-refractivity contribution in [3.8, 4) is 0 Å². The molecular formula is C17H21N3OS. The molecule has 5 heteroatoms. The molecule has 0 aliphatic heterocycles. The molecular weight excluding hydrogens is 294 g/mol. The number of thiazole rings is 1. The van der Waals surface area contributed by atoms with E-state index in [1.165, 1.54) is 0 Å². The summed E-state index contributed by atoms with van der Waals surface area (Å²) in [5.74, 6) is 0.481. The lowest BCUT2D eigenvalue weighted by Gasteiger charge is -2.14. The third-order valence-corrected chi connectivity index (χ3v) is 4.89. The van der Waals surface area contributed by atoms with Gasteiger partial charge >= 0.3 is 0 Å². The minimum absolute atomic E-state index is 0.0354. The molecule has 2 heterocycles. The third-order valence-electron chi connectivity index (χ3n) is 4.02. The first-order valence-corrected chi connectivity index (χ1v) is 8.61. The zero-order valence-electron chi connectivity index (χ0n) is 13.0. The molecule has 116 valence electrons. The normalized spacial score (nSPS) is 15.8. The Kier molecular flexibility index (Phi) is 4.25. The Morgan fingerprint density at radius 1 is 1.41 bits per heavy atom. The first-order chi connectivity index (χ1) is 10.6. The molecule has 3 rings (SSSR count). The highest BCUT2D eigenvalue weighted by molar-refractivity contribution is 7.09. The first-order valence-electron chi connectivity index (χ1n) is 7.73. The Bertz CT molecular complexity index is 647. The minimum atomic E-state index is -0.0755. The molecule has 2 aromatic rings. The topological polar surface area (TPSA) is 54.9 Å². The van der Waals surface area contributed by atoms with Gasteiger partial charge in [-0.15, -0.1) is 11.3 Å². The maximum atomic E-state index is 12.3. The molecule has 1 N–H and O–H groups in total. The summed E-state index contributed by atoms with van der Waals surface area (Å²) in [5.41, 5.74) is 1.65. The van der Waals surface area contributed by atoms with Crippen molar-refractivity contribution in [1.29, 1.82) is 0 Å². The Labute approximate surface area is 135 Å². The van der Waals surface area contributed by atoms with Crippen LogP contribution < -0.4 is 5.32 Å². The van der Waals surface area contributed by atoms with Crippen molar-refractivity contribution in [1.82, 2.24) is 15.3 Å². The van der Waals surface area contributed by atoms with Crippen LogP contribution in [-0.2, 0) is 11.8 Å². The lowest BCUT2D eigenvalue weighted by atomic mass is 10.0. The predicted molar refractivity (Wildman–Crippen MR) is 88.1 cm³/mol. The van der Waals surface area contributed by atoms with Crippen molar-refractivity contribution in [3.63, 3.8) is 0 Å². The fourth-order valence-corrected chi connectivity index (χ4v) is 3.54. The second kappa shape index (κ2) is 6.16. The standard InChI is InChI=1S/C17H21N3OS/c1-12(2)9-15-20-13(10-22-15)16(21)19-11-17(6-7-17)14-5-3-4-8-18-14/h3-5,8,10,12H,6-7,9,11H2,1-2H3,(H,19,21). The average Bonchev–Trinajstić information content (AvgIpc) is 3.17. The van der Waals surface area contributed by atoms with E-state index in [1.54, 1.807) is 11.3 Å². The number of aromatic nitrogens is 2. The van der Waals surface area contributed by atoms with E-state index in [0.717, 1.165) is 30.0 Å². The summed E-state index contributed by atoms with van der Waals surface area (Å²) in [7, 11) is 0. The van der Waals surface area contributed by atoms with Crippen LogP contribution in [0.1, 0.15) is 47.9 Å². The van der Waals surface area contributed by atoms with Crippen molar-refractivity contribution >= 4 is 17.2 Å². The van der Waals surface area contributed by atoms with Crippen LogP contribution in [0.5, 0.6) is 0 Å². The van der Waals surface area contributed by atoms with Crippen LogP contribution in [-0.4, -0.2) is 22.4 Å². The molecule has 0 spiro atoms. The van der Waals surface area contributed by atoms with Crippen molar-refractivity contribution in [2.45, 2.75) is 38.5 Å². The van der Waals surface area contributed by atoms with Gasteiger partial charge in [-0.3, -0.25) is 9.78 Å². The molecule has 0 bridgehead atoms. The summed E-state index contributed by atoms with van der Waals surface area (Å²) >= 11 is 1.57. The highest BCUT2D eigenvalue weighted by atomic mass is 32.1. The first kappa shape index (κ1) is 15.2. The van der Waals surface area contributed by atoms with E-state index < -0.39 is 0 Å². The second-order valence-corrected chi connectivity index (χ2v) is 7.35. The van der Waals surface area contributed by atoms with Gasteiger partial charge in [-0.1, -0.05) is 19.9 Å². The molecule has 0 saturated heterocycles. The molecule has 1 aliphatic rings. The van der Waals surface area contributed by atoms with Crippen LogP contribution in [0.3, 0.4) is 0 Å². The molecule has 4 nitrogen and oxygen atoms in total. The third kappa shape index (κ3) is 3.35. The van der Waals surface area contributed by atoms with Crippen LogP contribution in [0.25, 0.3) is 0 Å². The van der Waals surface area contributed by atoms with Crippen molar-refractivity contribution in [2.75, 3.05) is 6.54 Å². The summed E-state index contributed by atoms with van der Waals surface area (Å²) in [6.07, 6.45) is 4.91. The summed E-state index contributed by atoms with van der Waals surface area (Å²) in [6.45, 7) is 4.95. The smallest absolute Gasteiger partial charge is 0.270 e. The van der Waals surface area contributed by atoms with Gasteiger partial charge in [0.05, 0.1) is 5.01 Å². The lowest BCUT2D eigenvalue weighted by molar-refractivity contribution is 0.0945. The van der Waals surface area contributed by atoms with E-state index in [4.69, 9.17) is 0 Å². The lowest BCUT2D eigenvalue weighted by Crippen LogP contribution is -2.32. The maximum absolute atomic E-state index is 12.3. The van der Waals surface area contributed by atoms with E-state index in [0.29, 0.717) is 18.2 Å². The molecule has 22 heavy (non-hydrogen) atoms. The van der Waals surface area contributed by atoms with Gasteiger partial charge in [-0.2, -0.15) is 0 Å². The van der Waals surface area contributed by atoms with Gasteiger partial charge in [-0.05, 0) is 30.9 Å². The number of amides is 1. The van der Waals surface area contributed by atoms with Gasteiger partial charge in [-0.25, -0.2) is 4.98 Å². The molecule has 0 radical (unpaired) electrons. The largest absolute Gasteiger partial charge is 0.350 e. The summed E-state index contributed by atoms with van der Waals surface area (Å²) in [4.78, 5) is 21.1. The molecule has 0 aromatic carbocycles.